The van der Waals surface area contributed by atoms with Crippen molar-refractivity contribution in [2.24, 2.45) is 0 Å². The molecule has 0 aliphatic carbocycles. The van der Waals surface area contributed by atoms with E-state index in [0.29, 0.717) is 15.1 Å². The van der Waals surface area contributed by atoms with Gasteiger partial charge in [0.1, 0.15) is 0 Å². The van der Waals surface area contributed by atoms with Crippen molar-refractivity contribution in [3.8, 4) is 0 Å². The first-order valence-electron chi connectivity index (χ1n) is 5.12. The summed E-state index contributed by atoms with van der Waals surface area (Å²) in [5, 5.41) is 0. The van der Waals surface area contributed by atoms with E-state index in [2.05, 4.69) is 20.9 Å². The van der Waals surface area contributed by atoms with Crippen LogP contribution in [0.3, 0.4) is 0 Å². The Morgan fingerprint density at radius 3 is 2.47 bits per heavy atom. The number of nitrogens with zero attached hydrogens (tertiary/aromatic N) is 1. The Morgan fingerprint density at radius 1 is 1.16 bits per heavy atom. The van der Waals surface area contributed by atoms with E-state index in [1.54, 1.807) is 12.3 Å². The van der Waals surface area contributed by atoms with Crippen LogP contribution in [0.2, 0.25) is 0 Å². The minimum Gasteiger partial charge on any atom is -0.397 e. The number of alkyl halides is 3. The van der Waals surface area contributed by atoms with Crippen molar-refractivity contribution in [1.29, 1.82) is 0 Å². The molecule has 1 aromatic carbocycles. The molecule has 0 bridgehead atoms. The van der Waals surface area contributed by atoms with Crippen molar-refractivity contribution in [2.45, 2.75) is 16.0 Å². The maximum atomic E-state index is 12.5. The molecule has 0 saturated carbocycles. The molecule has 0 aliphatic heterocycles. The third-order valence-electron chi connectivity index (χ3n) is 2.29. The van der Waals surface area contributed by atoms with Crippen molar-refractivity contribution in [2.75, 3.05) is 5.73 Å². The minimum atomic E-state index is -4.35. The van der Waals surface area contributed by atoms with Crippen molar-refractivity contribution in [3.05, 3.63) is 46.7 Å². The van der Waals surface area contributed by atoms with Crippen LogP contribution in [0.25, 0.3) is 0 Å². The summed E-state index contributed by atoms with van der Waals surface area (Å²) in [5.41, 5.74) is 5.54. The van der Waals surface area contributed by atoms with E-state index >= 15 is 0 Å². The number of pyridine rings is 1. The summed E-state index contributed by atoms with van der Waals surface area (Å²) < 4.78 is 38.0. The van der Waals surface area contributed by atoms with Gasteiger partial charge in [0.05, 0.1) is 17.4 Å². The number of hydrogen-bond donors (Lipinski definition) is 1. The molecular formula is C12H8BrF3N2S. The number of nitrogen functional groups attached to an aromatic ring is 1. The number of aromatic nitrogens is 1. The van der Waals surface area contributed by atoms with E-state index in [9.17, 15) is 13.2 Å². The molecule has 7 heteroatoms. The van der Waals surface area contributed by atoms with E-state index in [1.165, 1.54) is 24.0 Å². The van der Waals surface area contributed by atoms with Gasteiger partial charge in [-0.15, -0.1) is 0 Å². The predicted octanol–water partition coefficient (Wildman–Crippen LogP) is 4.60. The fourth-order valence-corrected chi connectivity index (χ4v) is 2.82. The zero-order valence-electron chi connectivity index (χ0n) is 9.41. The Balaban J connectivity index is 2.30. The first-order valence-corrected chi connectivity index (χ1v) is 6.73. The maximum Gasteiger partial charge on any atom is 0.416 e. The fraction of sp³-hybridized carbons (Fsp3) is 0.0833. The summed E-state index contributed by atoms with van der Waals surface area (Å²) >= 11 is 4.43. The lowest BCUT2D eigenvalue weighted by atomic mass is 10.2. The number of nitrogens with two attached hydrogens (primary N) is 1. The molecule has 2 nitrogen and oxygen atoms in total. The first-order chi connectivity index (χ1) is 8.88. The standard InChI is InChI=1S/C12H8BrF3N2S/c13-8-5-7(12(14,15)16)1-2-10(8)19-11-3-4-18-6-9(11)17/h1-6H,17H2. The highest BCUT2D eigenvalue weighted by molar-refractivity contribution is 9.10. The molecule has 0 amide bonds. The molecule has 0 aliphatic rings. The highest BCUT2D eigenvalue weighted by atomic mass is 79.9. The van der Waals surface area contributed by atoms with Gasteiger partial charge in [-0.2, -0.15) is 13.2 Å². The molecular weight excluding hydrogens is 341 g/mol. The van der Waals surface area contributed by atoms with Gasteiger partial charge in [0.25, 0.3) is 0 Å². The van der Waals surface area contributed by atoms with Gasteiger partial charge in [0, 0.05) is 20.5 Å². The highest BCUT2D eigenvalue weighted by Crippen LogP contribution is 2.39. The van der Waals surface area contributed by atoms with Crippen LogP contribution in [0, 0.1) is 0 Å². The van der Waals surface area contributed by atoms with E-state index in [-0.39, 0.29) is 0 Å². The lowest BCUT2D eigenvalue weighted by Crippen LogP contribution is -2.04. The summed E-state index contributed by atoms with van der Waals surface area (Å²) in [6.07, 6.45) is -1.27. The Kier molecular flexibility index (Phi) is 4.05. The number of benzene rings is 1. The summed E-state index contributed by atoms with van der Waals surface area (Å²) in [7, 11) is 0. The van der Waals surface area contributed by atoms with Gasteiger partial charge in [-0.25, -0.2) is 0 Å². The summed E-state index contributed by atoms with van der Waals surface area (Å²) in [4.78, 5) is 5.26. The highest BCUT2D eigenvalue weighted by Gasteiger charge is 2.30. The SMILES string of the molecule is Nc1cnccc1Sc1ccc(C(F)(F)F)cc1Br. The molecule has 0 radical (unpaired) electrons. The number of hydrogen-bond acceptors (Lipinski definition) is 3. The monoisotopic (exact) mass is 348 g/mol. The molecule has 0 fully saturated rings. The molecule has 0 spiro atoms. The average molecular weight is 349 g/mol. The van der Waals surface area contributed by atoms with Crippen LogP contribution in [0.15, 0.2) is 50.9 Å². The zero-order chi connectivity index (χ0) is 14.0. The normalized spacial score (nSPS) is 11.6. The van der Waals surface area contributed by atoms with E-state index in [4.69, 9.17) is 5.73 Å². The van der Waals surface area contributed by atoms with Gasteiger partial charge >= 0.3 is 6.18 Å². The molecule has 2 aromatic rings. The molecule has 2 rings (SSSR count). The second kappa shape index (κ2) is 5.42. The summed E-state index contributed by atoms with van der Waals surface area (Å²) in [5.74, 6) is 0. The van der Waals surface area contributed by atoms with Crippen LogP contribution in [0.1, 0.15) is 5.56 Å². The van der Waals surface area contributed by atoms with Crippen LogP contribution in [-0.4, -0.2) is 4.98 Å². The second-order valence-electron chi connectivity index (χ2n) is 3.66. The van der Waals surface area contributed by atoms with Crippen LogP contribution >= 0.6 is 27.7 Å². The largest absolute Gasteiger partial charge is 0.416 e. The topological polar surface area (TPSA) is 38.9 Å². The van der Waals surface area contributed by atoms with Crippen molar-refractivity contribution >= 4 is 33.4 Å². The van der Waals surface area contributed by atoms with Gasteiger partial charge in [-0.1, -0.05) is 11.8 Å². The molecule has 0 unspecified atom stereocenters. The first kappa shape index (κ1) is 14.2. The molecule has 19 heavy (non-hydrogen) atoms. The fourth-order valence-electron chi connectivity index (χ4n) is 1.37. The van der Waals surface area contributed by atoms with Crippen LogP contribution in [0.4, 0.5) is 18.9 Å². The Morgan fingerprint density at radius 2 is 1.89 bits per heavy atom. The average Bonchev–Trinajstić information content (AvgIpc) is 2.33. The van der Waals surface area contributed by atoms with Gasteiger partial charge in [0.15, 0.2) is 0 Å². The van der Waals surface area contributed by atoms with E-state index in [0.717, 1.165) is 17.0 Å². The Labute approximate surface area is 120 Å². The molecule has 0 atom stereocenters. The number of halogens is 4. The second-order valence-corrected chi connectivity index (χ2v) is 5.60. The maximum absolute atomic E-state index is 12.5. The van der Waals surface area contributed by atoms with Crippen LogP contribution < -0.4 is 5.73 Å². The Hall–Kier alpha value is -1.21. The third-order valence-corrected chi connectivity index (χ3v) is 4.38. The van der Waals surface area contributed by atoms with E-state index in [1.807, 2.05) is 0 Å². The van der Waals surface area contributed by atoms with Crippen molar-refractivity contribution in [1.82, 2.24) is 4.98 Å². The summed E-state index contributed by atoms with van der Waals surface area (Å²) in [6, 6.07) is 5.23. The molecule has 2 N–H and O–H groups in total. The molecule has 0 saturated heterocycles. The minimum absolute atomic E-state index is 0.378. The quantitative estimate of drug-likeness (QED) is 0.862. The van der Waals surface area contributed by atoms with E-state index < -0.39 is 11.7 Å². The van der Waals surface area contributed by atoms with Gasteiger partial charge in [-0.05, 0) is 40.2 Å². The molecule has 1 aromatic heterocycles. The lowest BCUT2D eigenvalue weighted by Gasteiger charge is -2.10. The van der Waals surface area contributed by atoms with Crippen molar-refractivity contribution in [3.63, 3.8) is 0 Å². The number of rotatable bonds is 2. The smallest absolute Gasteiger partial charge is 0.397 e. The van der Waals surface area contributed by atoms with Gasteiger partial charge in [0.2, 0.25) is 0 Å². The summed E-state index contributed by atoms with van der Waals surface area (Å²) in [6.45, 7) is 0. The number of anilines is 1. The molecule has 100 valence electrons. The molecule has 1 heterocycles. The van der Waals surface area contributed by atoms with Gasteiger partial charge < -0.3 is 5.73 Å². The zero-order valence-corrected chi connectivity index (χ0v) is 11.8. The third kappa shape index (κ3) is 3.42. The van der Waals surface area contributed by atoms with Gasteiger partial charge in [-0.3, -0.25) is 4.98 Å². The van der Waals surface area contributed by atoms with Crippen LogP contribution in [0.5, 0.6) is 0 Å². The lowest BCUT2D eigenvalue weighted by molar-refractivity contribution is -0.137. The Bertz CT molecular complexity index is 602. The van der Waals surface area contributed by atoms with Crippen molar-refractivity contribution < 1.29 is 13.2 Å². The van der Waals surface area contributed by atoms with Crippen LogP contribution in [-0.2, 0) is 6.18 Å². The predicted molar refractivity (Wildman–Crippen MR) is 71.9 cm³/mol.